The predicted octanol–water partition coefficient (Wildman–Crippen LogP) is -1.13. The van der Waals surface area contributed by atoms with Crippen LogP contribution in [0, 0.1) is 0 Å². The Morgan fingerprint density at radius 2 is 2.00 bits per heavy atom. The smallest absolute Gasteiger partial charge is 0.0859 e. The van der Waals surface area contributed by atoms with Crippen molar-refractivity contribution >= 4 is 0 Å². The molecule has 0 saturated heterocycles. The fourth-order valence-electron chi connectivity index (χ4n) is 0.487. The van der Waals surface area contributed by atoms with Crippen LogP contribution in [0.2, 0.25) is 0 Å². The number of rotatable bonds is 6. The Morgan fingerprint density at radius 3 is 2.36 bits per heavy atom. The molecule has 0 aliphatic heterocycles. The fraction of sp³-hybridized carbons (Fsp3) is 0.714. The lowest BCUT2D eigenvalue weighted by Crippen LogP contribution is -2.51. The molecule has 0 aromatic rings. The van der Waals surface area contributed by atoms with Gasteiger partial charge in [0.2, 0.25) is 0 Å². The lowest BCUT2D eigenvalue weighted by Gasteiger charge is -2.23. The Kier molecular flexibility index (Phi) is 5.06. The van der Waals surface area contributed by atoms with Gasteiger partial charge in [-0.2, -0.15) is 0 Å². The molecule has 0 unspecified atom stereocenters. The van der Waals surface area contributed by atoms with Gasteiger partial charge in [-0.1, -0.05) is 6.08 Å². The van der Waals surface area contributed by atoms with Gasteiger partial charge in [0.25, 0.3) is 0 Å². The molecular formula is C7H15NO3. The molecule has 0 aromatic carbocycles. The van der Waals surface area contributed by atoms with Gasteiger partial charge >= 0.3 is 0 Å². The molecule has 0 bridgehead atoms. The van der Waals surface area contributed by atoms with Crippen molar-refractivity contribution < 1.29 is 14.9 Å². The molecule has 0 rings (SSSR count). The first-order chi connectivity index (χ1) is 5.18. The van der Waals surface area contributed by atoms with Crippen LogP contribution < -0.4 is 5.73 Å². The summed E-state index contributed by atoms with van der Waals surface area (Å²) in [5, 5.41) is 17.4. The van der Waals surface area contributed by atoms with Gasteiger partial charge in [0.15, 0.2) is 0 Å². The lowest BCUT2D eigenvalue weighted by atomic mass is 10.1. The van der Waals surface area contributed by atoms with E-state index in [1.54, 1.807) is 6.08 Å². The molecule has 4 N–H and O–H groups in total. The van der Waals surface area contributed by atoms with Gasteiger partial charge in [0, 0.05) is 0 Å². The first-order valence-electron chi connectivity index (χ1n) is 3.38. The summed E-state index contributed by atoms with van der Waals surface area (Å²) >= 11 is 0. The zero-order chi connectivity index (χ0) is 8.74. The molecule has 0 amide bonds. The highest BCUT2D eigenvalue weighted by molar-refractivity contribution is 4.82. The zero-order valence-electron chi connectivity index (χ0n) is 6.49. The largest absolute Gasteiger partial charge is 0.394 e. The van der Waals surface area contributed by atoms with E-state index in [0.717, 1.165) is 0 Å². The summed E-state index contributed by atoms with van der Waals surface area (Å²) in [4.78, 5) is 0. The van der Waals surface area contributed by atoms with E-state index < -0.39 is 5.54 Å². The fourth-order valence-corrected chi connectivity index (χ4v) is 0.487. The number of hydrogen-bond acceptors (Lipinski definition) is 4. The first kappa shape index (κ1) is 10.6. The van der Waals surface area contributed by atoms with E-state index in [1.807, 2.05) is 0 Å². The van der Waals surface area contributed by atoms with Crippen molar-refractivity contribution in [2.24, 2.45) is 5.73 Å². The zero-order valence-corrected chi connectivity index (χ0v) is 6.49. The molecule has 0 saturated carbocycles. The van der Waals surface area contributed by atoms with Crippen LogP contribution in [0.25, 0.3) is 0 Å². The highest BCUT2D eigenvalue weighted by Gasteiger charge is 2.22. The van der Waals surface area contributed by atoms with Crippen molar-refractivity contribution in [2.45, 2.75) is 5.54 Å². The average molecular weight is 161 g/mol. The number of nitrogens with two attached hydrogens (primary N) is 1. The third-order valence-electron chi connectivity index (χ3n) is 1.26. The number of hydrogen-bond donors (Lipinski definition) is 3. The van der Waals surface area contributed by atoms with Crippen molar-refractivity contribution in [3.8, 4) is 0 Å². The van der Waals surface area contributed by atoms with Crippen LogP contribution in [0.15, 0.2) is 12.7 Å². The van der Waals surface area contributed by atoms with Crippen LogP contribution in [0.3, 0.4) is 0 Å². The van der Waals surface area contributed by atoms with E-state index in [4.69, 9.17) is 20.7 Å². The van der Waals surface area contributed by atoms with Crippen LogP contribution in [0.1, 0.15) is 0 Å². The SMILES string of the molecule is C=CCOCC(N)(CO)CO. The first-order valence-corrected chi connectivity index (χ1v) is 3.38. The van der Waals surface area contributed by atoms with Crippen LogP contribution in [0.5, 0.6) is 0 Å². The van der Waals surface area contributed by atoms with Gasteiger partial charge in [0.1, 0.15) is 0 Å². The molecule has 0 heterocycles. The van der Waals surface area contributed by atoms with E-state index in [9.17, 15) is 0 Å². The number of ether oxygens (including phenoxy) is 1. The highest BCUT2D eigenvalue weighted by atomic mass is 16.5. The maximum Gasteiger partial charge on any atom is 0.0859 e. The van der Waals surface area contributed by atoms with Gasteiger partial charge in [-0.15, -0.1) is 6.58 Å². The molecule has 11 heavy (non-hydrogen) atoms. The molecule has 0 atom stereocenters. The summed E-state index contributed by atoms with van der Waals surface area (Å²) < 4.78 is 4.97. The Hall–Kier alpha value is -0.420. The number of aliphatic hydroxyl groups is 2. The Labute approximate surface area is 66.3 Å². The summed E-state index contributed by atoms with van der Waals surface area (Å²) in [6, 6.07) is 0. The van der Waals surface area contributed by atoms with Gasteiger partial charge in [-0.25, -0.2) is 0 Å². The summed E-state index contributed by atoms with van der Waals surface area (Å²) in [6.45, 7) is 3.36. The predicted molar refractivity (Wildman–Crippen MR) is 42.1 cm³/mol. The molecule has 0 fully saturated rings. The minimum Gasteiger partial charge on any atom is -0.394 e. The molecule has 0 spiro atoms. The molecule has 0 radical (unpaired) electrons. The molecule has 0 aliphatic rings. The van der Waals surface area contributed by atoms with E-state index in [-0.39, 0.29) is 19.8 Å². The van der Waals surface area contributed by atoms with Gasteiger partial charge in [-0.3, -0.25) is 0 Å². The molecule has 4 nitrogen and oxygen atoms in total. The minimum absolute atomic E-state index is 0.131. The normalized spacial score (nSPS) is 11.5. The topological polar surface area (TPSA) is 75.7 Å². The Bertz CT molecular complexity index is 112. The molecule has 0 aliphatic carbocycles. The highest BCUT2D eigenvalue weighted by Crippen LogP contribution is 1.98. The van der Waals surface area contributed by atoms with Crippen molar-refractivity contribution in [1.29, 1.82) is 0 Å². The third kappa shape index (κ3) is 4.10. The van der Waals surface area contributed by atoms with Crippen molar-refractivity contribution in [3.05, 3.63) is 12.7 Å². The molecule has 0 aromatic heterocycles. The Morgan fingerprint density at radius 1 is 1.45 bits per heavy atom. The van der Waals surface area contributed by atoms with Crippen LogP contribution in [-0.2, 0) is 4.74 Å². The van der Waals surface area contributed by atoms with Gasteiger partial charge in [0.05, 0.1) is 32.0 Å². The van der Waals surface area contributed by atoms with Gasteiger partial charge in [-0.05, 0) is 0 Å². The third-order valence-corrected chi connectivity index (χ3v) is 1.26. The van der Waals surface area contributed by atoms with Crippen molar-refractivity contribution in [3.63, 3.8) is 0 Å². The average Bonchev–Trinajstić information content (AvgIpc) is 2.05. The second-order valence-electron chi connectivity index (χ2n) is 2.48. The van der Waals surface area contributed by atoms with Crippen LogP contribution in [0.4, 0.5) is 0 Å². The molecule has 66 valence electrons. The van der Waals surface area contributed by atoms with E-state index in [1.165, 1.54) is 0 Å². The van der Waals surface area contributed by atoms with Gasteiger partial charge < -0.3 is 20.7 Å². The Balaban J connectivity index is 3.59. The second kappa shape index (κ2) is 5.26. The lowest BCUT2D eigenvalue weighted by molar-refractivity contribution is 0.0353. The van der Waals surface area contributed by atoms with E-state index >= 15 is 0 Å². The van der Waals surface area contributed by atoms with E-state index in [2.05, 4.69) is 6.58 Å². The van der Waals surface area contributed by atoms with Crippen molar-refractivity contribution in [1.82, 2.24) is 0 Å². The summed E-state index contributed by atoms with van der Waals surface area (Å²) in [7, 11) is 0. The van der Waals surface area contributed by atoms with Crippen LogP contribution >= 0.6 is 0 Å². The summed E-state index contributed by atoms with van der Waals surface area (Å²) in [5.41, 5.74) is 4.45. The van der Waals surface area contributed by atoms with E-state index in [0.29, 0.717) is 6.61 Å². The summed E-state index contributed by atoms with van der Waals surface area (Å²) in [6.07, 6.45) is 1.58. The quantitative estimate of drug-likeness (QED) is 0.340. The number of aliphatic hydroxyl groups excluding tert-OH is 2. The second-order valence-corrected chi connectivity index (χ2v) is 2.48. The maximum absolute atomic E-state index is 8.69. The molecule has 4 heteroatoms. The van der Waals surface area contributed by atoms with Crippen LogP contribution in [-0.4, -0.2) is 42.2 Å². The monoisotopic (exact) mass is 161 g/mol. The molecular weight excluding hydrogens is 146 g/mol. The summed E-state index contributed by atoms with van der Waals surface area (Å²) in [5.74, 6) is 0. The standard InChI is InChI=1S/C7H15NO3/c1-2-3-11-6-7(8,4-9)5-10/h2,9-10H,1,3-6,8H2. The minimum atomic E-state index is -1.02. The van der Waals surface area contributed by atoms with Crippen molar-refractivity contribution in [2.75, 3.05) is 26.4 Å². The maximum atomic E-state index is 8.69.